The highest BCUT2D eigenvalue weighted by Crippen LogP contribution is 2.26. The zero-order chi connectivity index (χ0) is 14.5. The lowest BCUT2D eigenvalue weighted by atomic mass is 9.81. The van der Waals surface area contributed by atoms with E-state index in [1.165, 1.54) is 5.56 Å². The summed E-state index contributed by atoms with van der Waals surface area (Å²) in [7, 11) is 4.06. The van der Waals surface area contributed by atoms with Gasteiger partial charge in [-0.3, -0.25) is 4.90 Å². The lowest BCUT2D eigenvalue weighted by Gasteiger charge is -2.41. The molecule has 0 saturated heterocycles. The van der Waals surface area contributed by atoms with Crippen LogP contribution in [0.3, 0.4) is 0 Å². The number of hydrogen-bond acceptors (Lipinski definition) is 3. The smallest absolute Gasteiger partial charge is 0.0609 e. The van der Waals surface area contributed by atoms with Gasteiger partial charge in [-0.25, -0.2) is 0 Å². The van der Waals surface area contributed by atoms with E-state index in [2.05, 4.69) is 62.3 Å². The molecular weight excluding hydrogens is 236 g/mol. The number of aliphatic hydroxyl groups excluding tert-OH is 1. The van der Waals surface area contributed by atoms with Crippen LogP contribution in [0, 0.1) is 0 Å². The van der Waals surface area contributed by atoms with Crippen LogP contribution in [0.5, 0.6) is 0 Å². The molecule has 0 amide bonds. The Labute approximate surface area is 117 Å². The molecule has 0 saturated carbocycles. The summed E-state index contributed by atoms with van der Waals surface area (Å²) in [6.07, 6.45) is 0. The minimum atomic E-state index is -0.205. The van der Waals surface area contributed by atoms with Crippen LogP contribution in [0.15, 0.2) is 30.3 Å². The molecule has 1 unspecified atom stereocenters. The molecule has 108 valence electrons. The van der Waals surface area contributed by atoms with Crippen molar-refractivity contribution in [3.05, 3.63) is 35.9 Å². The largest absolute Gasteiger partial charge is 0.394 e. The van der Waals surface area contributed by atoms with Gasteiger partial charge in [-0.2, -0.15) is 0 Å². The lowest BCUT2D eigenvalue weighted by Crippen LogP contribution is -2.52. The van der Waals surface area contributed by atoms with E-state index in [1.54, 1.807) is 0 Å². The van der Waals surface area contributed by atoms with Gasteiger partial charge in [-0.1, -0.05) is 37.3 Å². The quantitative estimate of drug-likeness (QED) is 0.789. The Balaban J connectivity index is 2.95. The third-order valence-corrected chi connectivity index (χ3v) is 4.04. The number of hydrogen-bond donors (Lipinski definition) is 2. The molecule has 1 rings (SSSR count). The number of rotatable bonds is 7. The number of aliphatic hydroxyl groups is 1. The molecule has 1 aromatic carbocycles. The minimum Gasteiger partial charge on any atom is -0.394 e. The summed E-state index contributed by atoms with van der Waals surface area (Å²) in [5.41, 5.74) is 1.14. The number of benzene rings is 1. The van der Waals surface area contributed by atoms with Crippen LogP contribution in [0.1, 0.15) is 26.3 Å². The van der Waals surface area contributed by atoms with Gasteiger partial charge < -0.3 is 10.4 Å². The van der Waals surface area contributed by atoms with Gasteiger partial charge in [0.25, 0.3) is 0 Å². The average molecular weight is 264 g/mol. The second-order valence-corrected chi connectivity index (χ2v) is 6.28. The molecule has 0 aliphatic rings. The van der Waals surface area contributed by atoms with Gasteiger partial charge in [-0.15, -0.1) is 0 Å². The second kappa shape index (κ2) is 6.51. The van der Waals surface area contributed by atoms with Crippen LogP contribution in [0.4, 0.5) is 0 Å². The van der Waals surface area contributed by atoms with Crippen molar-refractivity contribution in [3.63, 3.8) is 0 Å². The van der Waals surface area contributed by atoms with Crippen molar-refractivity contribution in [1.29, 1.82) is 0 Å². The minimum absolute atomic E-state index is 0.0250. The van der Waals surface area contributed by atoms with E-state index in [-0.39, 0.29) is 17.6 Å². The van der Waals surface area contributed by atoms with Gasteiger partial charge >= 0.3 is 0 Å². The van der Waals surface area contributed by atoms with Crippen molar-refractivity contribution < 1.29 is 5.11 Å². The Morgan fingerprint density at radius 3 is 2.21 bits per heavy atom. The summed E-state index contributed by atoms with van der Waals surface area (Å²) < 4.78 is 0. The standard InChI is InChI=1S/C16H28N2O/c1-15(2,13-19)18(5)12-16(3,11-17-4)14-9-7-6-8-10-14/h6-10,17,19H,11-13H2,1-5H3. The lowest BCUT2D eigenvalue weighted by molar-refractivity contribution is 0.0619. The van der Waals surface area contributed by atoms with Crippen molar-refractivity contribution in [2.75, 3.05) is 33.8 Å². The molecule has 0 aromatic heterocycles. The molecule has 0 bridgehead atoms. The van der Waals surface area contributed by atoms with Crippen molar-refractivity contribution in [3.8, 4) is 0 Å². The van der Waals surface area contributed by atoms with Gasteiger partial charge in [0.05, 0.1) is 6.61 Å². The molecule has 0 aliphatic carbocycles. The highest BCUT2D eigenvalue weighted by Gasteiger charge is 2.32. The molecular formula is C16H28N2O. The third kappa shape index (κ3) is 4.03. The van der Waals surface area contributed by atoms with Crippen molar-refractivity contribution >= 4 is 0 Å². The van der Waals surface area contributed by atoms with Gasteiger partial charge in [0.15, 0.2) is 0 Å². The molecule has 3 nitrogen and oxygen atoms in total. The first-order valence-electron chi connectivity index (χ1n) is 6.88. The van der Waals surface area contributed by atoms with Crippen molar-refractivity contribution in [2.45, 2.75) is 31.7 Å². The number of likely N-dealkylation sites (N-methyl/N-ethyl adjacent to an activating group) is 2. The van der Waals surface area contributed by atoms with Gasteiger partial charge in [0, 0.05) is 24.0 Å². The molecule has 0 heterocycles. The average Bonchev–Trinajstić information content (AvgIpc) is 2.40. The summed E-state index contributed by atoms with van der Waals surface area (Å²) in [5, 5.41) is 12.8. The van der Waals surface area contributed by atoms with E-state index < -0.39 is 0 Å². The predicted molar refractivity (Wildman–Crippen MR) is 81.5 cm³/mol. The van der Waals surface area contributed by atoms with Crippen molar-refractivity contribution in [1.82, 2.24) is 10.2 Å². The molecule has 19 heavy (non-hydrogen) atoms. The van der Waals surface area contributed by atoms with Crippen LogP contribution < -0.4 is 5.32 Å². The Morgan fingerprint density at radius 2 is 1.74 bits per heavy atom. The maximum absolute atomic E-state index is 9.50. The molecule has 0 radical (unpaired) electrons. The van der Waals surface area contributed by atoms with Crippen molar-refractivity contribution in [2.24, 2.45) is 0 Å². The molecule has 1 aromatic rings. The summed E-state index contributed by atoms with van der Waals surface area (Å²) in [4.78, 5) is 2.23. The van der Waals surface area contributed by atoms with Crippen LogP contribution in [0.25, 0.3) is 0 Å². The molecule has 0 aliphatic heterocycles. The van der Waals surface area contributed by atoms with E-state index >= 15 is 0 Å². The first-order valence-corrected chi connectivity index (χ1v) is 6.88. The second-order valence-electron chi connectivity index (χ2n) is 6.28. The number of nitrogens with zero attached hydrogens (tertiary/aromatic N) is 1. The first-order chi connectivity index (χ1) is 8.85. The fourth-order valence-corrected chi connectivity index (χ4v) is 2.34. The summed E-state index contributed by atoms with van der Waals surface area (Å²) in [5.74, 6) is 0. The monoisotopic (exact) mass is 264 g/mol. The van der Waals surface area contributed by atoms with Crippen LogP contribution >= 0.6 is 0 Å². The van der Waals surface area contributed by atoms with E-state index in [0.29, 0.717) is 0 Å². The van der Waals surface area contributed by atoms with Gasteiger partial charge in [-0.05, 0) is 33.5 Å². The molecule has 3 heteroatoms. The topological polar surface area (TPSA) is 35.5 Å². The Kier molecular flexibility index (Phi) is 5.53. The molecule has 0 fully saturated rings. The molecule has 1 atom stereocenters. The Hall–Kier alpha value is -0.900. The SMILES string of the molecule is CNCC(C)(CN(C)C(C)(C)CO)c1ccccc1. The van der Waals surface area contributed by atoms with Gasteiger partial charge in [0.2, 0.25) is 0 Å². The highest BCUT2D eigenvalue weighted by molar-refractivity contribution is 5.25. The maximum atomic E-state index is 9.50. The third-order valence-electron chi connectivity index (χ3n) is 4.04. The van der Waals surface area contributed by atoms with E-state index in [4.69, 9.17) is 0 Å². The normalized spacial score (nSPS) is 15.5. The fraction of sp³-hybridized carbons (Fsp3) is 0.625. The molecule has 2 N–H and O–H groups in total. The van der Waals surface area contributed by atoms with E-state index in [9.17, 15) is 5.11 Å². The van der Waals surface area contributed by atoms with Crippen LogP contribution in [-0.2, 0) is 5.41 Å². The highest BCUT2D eigenvalue weighted by atomic mass is 16.3. The van der Waals surface area contributed by atoms with Crippen LogP contribution in [0.2, 0.25) is 0 Å². The van der Waals surface area contributed by atoms with E-state index in [1.807, 2.05) is 13.1 Å². The van der Waals surface area contributed by atoms with Crippen LogP contribution in [-0.4, -0.2) is 49.3 Å². The maximum Gasteiger partial charge on any atom is 0.0609 e. The van der Waals surface area contributed by atoms with E-state index in [0.717, 1.165) is 13.1 Å². The predicted octanol–water partition coefficient (Wildman–Crippen LogP) is 1.87. The fourth-order valence-electron chi connectivity index (χ4n) is 2.34. The first kappa shape index (κ1) is 16.2. The summed E-state index contributed by atoms with van der Waals surface area (Å²) >= 11 is 0. The summed E-state index contributed by atoms with van der Waals surface area (Å²) in [6, 6.07) is 10.6. The molecule has 0 spiro atoms. The Morgan fingerprint density at radius 1 is 1.16 bits per heavy atom. The number of nitrogens with one attached hydrogen (secondary N) is 1. The summed E-state index contributed by atoms with van der Waals surface area (Å²) in [6.45, 7) is 8.36. The van der Waals surface area contributed by atoms with Gasteiger partial charge in [0.1, 0.15) is 0 Å². The zero-order valence-electron chi connectivity index (χ0n) is 12.9. The zero-order valence-corrected chi connectivity index (χ0v) is 12.9. The Bertz CT molecular complexity index is 378.